The van der Waals surface area contributed by atoms with Crippen LogP contribution in [0.25, 0.3) is 0 Å². The van der Waals surface area contributed by atoms with E-state index >= 15 is 0 Å². The largest absolute Gasteiger partial charge is 0.416 e. The normalized spacial score (nSPS) is 13.5. The van der Waals surface area contributed by atoms with E-state index in [0.717, 1.165) is 47.0 Å². The van der Waals surface area contributed by atoms with Crippen LogP contribution in [-0.4, -0.2) is 14.9 Å². The molecule has 0 saturated carbocycles. The third kappa shape index (κ3) is 6.96. The van der Waals surface area contributed by atoms with Crippen molar-refractivity contribution in [3.8, 4) is 0 Å². The topological polar surface area (TPSA) is 21.3 Å². The Bertz CT molecular complexity index is 824. The minimum Gasteiger partial charge on any atom is -0.409 e. The predicted octanol–water partition coefficient (Wildman–Crippen LogP) is 8.17. The summed E-state index contributed by atoms with van der Waals surface area (Å²) in [6.45, 7) is 9.28. The van der Waals surface area contributed by atoms with Crippen LogP contribution in [0.3, 0.4) is 0 Å². The van der Waals surface area contributed by atoms with Crippen molar-refractivity contribution < 1.29 is 17.6 Å². The fourth-order valence-electron chi connectivity index (χ4n) is 3.68. The number of hydrogen-bond acceptors (Lipinski definition) is 2. The molecule has 31 heavy (non-hydrogen) atoms. The zero-order valence-electron chi connectivity index (χ0n) is 18.4. The highest BCUT2D eigenvalue weighted by Crippen LogP contribution is 2.37. The highest BCUT2D eigenvalue weighted by atomic mass is 35.5. The monoisotopic (exact) mass is 491 g/mol. The molecule has 0 aliphatic carbocycles. The van der Waals surface area contributed by atoms with Gasteiger partial charge in [-0.15, -0.1) is 0 Å². The Kier molecular flexibility index (Phi) is 9.46. The Morgan fingerprint density at radius 1 is 0.968 bits per heavy atom. The number of rotatable bonds is 10. The van der Waals surface area contributed by atoms with E-state index < -0.39 is 20.1 Å². The van der Waals surface area contributed by atoms with Gasteiger partial charge in [-0.05, 0) is 60.4 Å². The molecular weight excluding hydrogens is 462 g/mol. The third-order valence-electron chi connectivity index (χ3n) is 5.81. The van der Waals surface area contributed by atoms with Gasteiger partial charge in [-0.25, -0.2) is 0 Å². The van der Waals surface area contributed by atoms with Gasteiger partial charge in [0.1, 0.15) is 0 Å². The highest BCUT2D eigenvalue weighted by Gasteiger charge is 2.34. The van der Waals surface area contributed by atoms with Gasteiger partial charge in [0.05, 0.1) is 11.7 Å². The van der Waals surface area contributed by atoms with Crippen molar-refractivity contribution in [2.24, 2.45) is 0 Å². The minimum atomic E-state index is -4.34. The fourth-order valence-corrected chi connectivity index (χ4v) is 7.33. The first-order valence-corrected chi connectivity index (χ1v) is 13.8. The first kappa shape index (κ1) is 26.2. The lowest BCUT2D eigenvalue weighted by atomic mass is 10.1. The van der Waals surface area contributed by atoms with Gasteiger partial charge >= 0.3 is 6.18 Å². The number of halogens is 5. The van der Waals surface area contributed by atoms with Gasteiger partial charge in [0.15, 0.2) is 8.32 Å². The summed E-state index contributed by atoms with van der Waals surface area (Å²) in [5.74, 6) is 0. The first-order valence-electron chi connectivity index (χ1n) is 10.6. The van der Waals surface area contributed by atoms with Crippen molar-refractivity contribution in [1.29, 1.82) is 0 Å². The maximum Gasteiger partial charge on any atom is 0.416 e. The average Bonchev–Trinajstić information content (AvgIpc) is 2.70. The SMILES string of the molecule is CC[Si](CC)(CC)OC(CNCc1ccc(C(F)(F)F)cc1)c1c(Cl)cc(C)cc1Cl. The standard InChI is InChI=1S/C23H30Cl2F3NOSi/c1-5-31(6-2,7-3)30-21(22-19(24)12-16(4)13-20(22)25)15-29-14-17-8-10-18(11-9-17)23(26,27)28/h8-13,21,29H,5-7,14-15H2,1-4H3. The molecule has 0 heterocycles. The third-order valence-corrected chi connectivity index (χ3v) is 11.1. The molecule has 0 bridgehead atoms. The molecule has 0 fully saturated rings. The molecule has 0 spiro atoms. The molecule has 1 N–H and O–H groups in total. The van der Waals surface area contributed by atoms with E-state index in [1.165, 1.54) is 12.1 Å². The van der Waals surface area contributed by atoms with Crippen molar-refractivity contribution in [3.63, 3.8) is 0 Å². The lowest BCUT2D eigenvalue weighted by Crippen LogP contribution is -2.40. The molecule has 2 aromatic carbocycles. The van der Waals surface area contributed by atoms with E-state index in [0.29, 0.717) is 23.1 Å². The number of nitrogens with one attached hydrogen (secondary N) is 1. The second-order valence-corrected chi connectivity index (χ2v) is 13.4. The van der Waals surface area contributed by atoms with Crippen LogP contribution < -0.4 is 5.32 Å². The summed E-state index contributed by atoms with van der Waals surface area (Å²) in [6.07, 6.45) is -4.67. The number of hydrogen-bond donors (Lipinski definition) is 1. The smallest absolute Gasteiger partial charge is 0.409 e. The molecule has 2 nitrogen and oxygen atoms in total. The van der Waals surface area contributed by atoms with Crippen LogP contribution in [0.2, 0.25) is 28.2 Å². The summed E-state index contributed by atoms with van der Waals surface area (Å²) in [6, 6.07) is 11.9. The van der Waals surface area contributed by atoms with Crippen molar-refractivity contribution in [2.45, 2.75) is 64.7 Å². The Labute approximate surface area is 194 Å². The van der Waals surface area contributed by atoms with Crippen molar-refractivity contribution in [2.75, 3.05) is 6.54 Å². The molecule has 0 aliphatic heterocycles. The molecule has 172 valence electrons. The molecule has 8 heteroatoms. The van der Waals surface area contributed by atoms with Gasteiger partial charge in [0, 0.05) is 28.7 Å². The van der Waals surface area contributed by atoms with Crippen LogP contribution in [0.4, 0.5) is 13.2 Å². The number of benzene rings is 2. The van der Waals surface area contributed by atoms with Gasteiger partial charge in [-0.2, -0.15) is 13.2 Å². The van der Waals surface area contributed by atoms with Crippen LogP contribution in [0, 0.1) is 6.92 Å². The van der Waals surface area contributed by atoms with E-state index in [1.807, 2.05) is 19.1 Å². The van der Waals surface area contributed by atoms with Crippen molar-refractivity contribution in [1.82, 2.24) is 5.32 Å². The van der Waals surface area contributed by atoms with Gasteiger partial charge in [0.2, 0.25) is 0 Å². The van der Waals surface area contributed by atoms with E-state index in [9.17, 15) is 13.2 Å². The van der Waals surface area contributed by atoms with Gasteiger partial charge in [-0.1, -0.05) is 56.1 Å². The summed E-state index contributed by atoms with van der Waals surface area (Å²) in [7, 11) is -1.96. The molecule has 1 atom stereocenters. The summed E-state index contributed by atoms with van der Waals surface area (Å²) >= 11 is 13.1. The maximum atomic E-state index is 12.8. The molecule has 1 unspecified atom stereocenters. The number of aryl methyl sites for hydroxylation is 1. The van der Waals surface area contributed by atoms with Crippen molar-refractivity contribution in [3.05, 3.63) is 68.7 Å². The molecule has 0 saturated heterocycles. The molecule has 0 radical (unpaired) electrons. The molecule has 2 rings (SSSR count). The lowest BCUT2D eigenvalue weighted by Gasteiger charge is -2.34. The Hall–Kier alpha value is -1.05. The zero-order valence-corrected chi connectivity index (χ0v) is 20.9. The van der Waals surface area contributed by atoms with Gasteiger partial charge in [-0.3, -0.25) is 0 Å². The summed E-state index contributed by atoms with van der Waals surface area (Å²) in [4.78, 5) is 0. The highest BCUT2D eigenvalue weighted by molar-refractivity contribution is 6.73. The Morgan fingerprint density at radius 2 is 1.48 bits per heavy atom. The summed E-state index contributed by atoms with van der Waals surface area (Å²) < 4.78 is 45.1. The van der Waals surface area contributed by atoms with E-state index in [-0.39, 0.29) is 6.10 Å². The van der Waals surface area contributed by atoms with E-state index in [4.69, 9.17) is 27.6 Å². The molecule has 0 aromatic heterocycles. The first-order chi connectivity index (χ1) is 14.5. The summed E-state index contributed by atoms with van der Waals surface area (Å²) in [5, 5.41) is 4.46. The molecule has 0 amide bonds. The van der Waals surface area contributed by atoms with E-state index in [1.54, 1.807) is 0 Å². The van der Waals surface area contributed by atoms with Crippen LogP contribution >= 0.6 is 23.2 Å². The van der Waals surface area contributed by atoms with E-state index in [2.05, 4.69) is 26.1 Å². The van der Waals surface area contributed by atoms with Crippen LogP contribution in [0.15, 0.2) is 36.4 Å². The quantitative estimate of drug-likeness (QED) is 0.338. The lowest BCUT2D eigenvalue weighted by molar-refractivity contribution is -0.137. The fraction of sp³-hybridized carbons (Fsp3) is 0.478. The van der Waals surface area contributed by atoms with Crippen LogP contribution in [0.1, 0.15) is 49.1 Å². The molecule has 0 aliphatic rings. The average molecular weight is 492 g/mol. The van der Waals surface area contributed by atoms with Gasteiger partial charge < -0.3 is 9.74 Å². The maximum absolute atomic E-state index is 12.8. The molecule has 2 aromatic rings. The van der Waals surface area contributed by atoms with Crippen LogP contribution in [-0.2, 0) is 17.1 Å². The number of alkyl halides is 3. The Morgan fingerprint density at radius 3 is 1.94 bits per heavy atom. The van der Waals surface area contributed by atoms with Crippen molar-refractivity contribution >= 4 is 31.5 Å². The van der Waals surface area contributed by atoms with Crippen LogP contribution in [0.5, 0.6) is 0 Å². The summed E-state index contributed by atoms with van der Waals surface area (Å²) in [5.41, 5.74) is 1.85. The Balaban J connectivity index is 2.21. The predicted molar refractivity (Wildman–Crippen MR) is 125 cm³/mol. The minimum absolute atomic E-state index is 0.332. The molecular formula is C23H30Cl2F3NOSi. The second-order valence-electron chi connectivity index (χ2n) is 7.82. The second kappa shape index (κ2) is 11.2. The zero-order chi connectivity index (χ0) is 23.2. The van der Waals surface area contributed by atoms with Gasteiger partial charge in [0.25, 0.3) is 0 Å².